The lowest BCUT2D eigenvalue weighted by molar-refractivity contribution is 0.189. The van der Waals surface area contributed by atoms with Crippen molar-refractivity contribution in [2.24, 2.45) is 0 Å². The van der Waals surface area contributed by atoms with Gasteiger partial charge in [-0.15, -0.1) is 0 Å². The van der Waals surface area contributed by atoms with Gasteiger partial charge in [0.25, 0.3) is 6.08 Å². The van der Waals surface area contributed by atoms with E-state index in [1.165, 1.54) is 6.42 Å². The Morgan fingerprint density at radius 3 is 2.85 bits per heavy atom. The van der Waals surface area contributed by atoms with E-state index in [0.717, 1.165) is 19.4 Å². The first kappa shape index (κ1) is 9.13. The van der Waals surface area contributed by atoms with Crippen LogP contribution in [0.15, 0.2) is 11.7 Å². The van der Waals surface area contributed by atoms with Crippen molar-refractivity contribution in [3.63, 3.8) is 0 Å². The predicted octanol–water partition coefficient (Wildman–Crippen LogP) is 2.79. The Morgan fingerprint density at radius 1 is 1.54 bits per heavy atom. The van der Waals surface area contributed by atoms with Gasteiger partial charge in [-0.1, -0.05) is 6.92 Å². The van der Waals surface area contributed by atoms with Crippen molar-refractivity contribution < 1.29 is 8.78 Å². The normalized spacial score (nSPS) is 33.9. The number of halogens is 2. The van der Waals surface area contributed by atoms with Crippen LogP contribution in [-0.4, -0.2) is 23.5 Å². The highest BCUT2D eigenvalue weighted by atomic mass is 19.3. The summed E-state index contributed by atoms with van der Waals surface area (Å²) in [6.45, 7) is 3.62. The van der Waals surface area contributed by atoms with E-state index in [1.807, 2.05) is 0 Å². The van der Waals surface area contributed by atoms with Crippen molar-refractivity contribution in [3.8, 4) is 0 Å². The maximum absolute atomic E-state index is 12.4. The molecular weight excluding hydrogens is 172 g/mol. The van der Waals surface area contributed by atoms with Crippen molar-refractivity contribution >= 4 is 0 Å². The summed E-state index contributed by atoms with van der Waals surface area (Å²) in [7, 11) is 0. The number of hydrogen-bond donors (Lipinski definition) is 0. The van der Waals surface area contributed by atoms with E-state index < -0.39 is 6.08 Å². The van der Waals surface area contributed by atoms with Crippen LogP contribution in [0.3, 0.4) is 0 Å². The molecule has 1 nitrogen and oxygen atoms in total. The SMILES string of the molecule is CCC12CCCN1CC(=C(F)F)C2. The topological polar surface area (TPSA) is 3.24 Å². The fraction of sp³-hybridized carbons (Fsp3) is 0.800. The molecular formula is C10H15F2N. The zero-order chi connectivity index (χ0) is 9.47. The molecule has 13 heavy (non-hydrogen) atoms. The molecule has 2 aliphatic heterocycles. The van der Waals surface area contributed by atoms with Crippen LogP contribution in [0.25, 0.3) is 0 Å². The Labute approximate surface area is 77.4 Å². The second kappa shape index (κ2) is 3.05. The van der Waals surface area contributed by atoms with Gasteiger partial charge in [-0.2, -0.15) is 8.78 Å². The zero-order valence-electron chi connectivity index (χ0n) is 7.95. The van der Waals surface area contributed by atoms with Gasteiger partial charge in [0.1, 0.15) is 0 Å². The summed E-state index contributed by atoms with van der Waals surface area (Å²) in [6, 6.07) is 0. The van der Waals surface area contributed by atoms with Gasteiger partial charge in [0, 0.05) is 17.7 Å². The summed E-state index contributed by atoms with van der Waals surface area (Å²) >= 11 is 0. The largest absolute Gasteiger partial charge is 0.293 e. The first-order valence-electron chi connectivity index (χ1n) is 4.96. The number of nitrogens with zero attached hydrogens (tertiary/aromatic N) is 1. The van der Waals surface area contributed by atoms with Crippen molar-refractivity contribution in [2.75, 3.05) is 13.1 Å². The lowest BCUT2D eigenvalue weighted by atomic mass is 9.90. The van der Waals surface area contributed by atoms with Crippen LogP contribution in [0.4, 0.5) is 8.78 Å². The van der Waals surface area contributed by atoms with Crippen LogP contribution in [-0.2, 0) is 0 Å². The molecule has 0 spiro atoms. The van der Waals surface area contributed by atoms with Gasteiger partial charge in [0.15, 0.2) is 0 Å². The Balaban J connectivity index is 2.23. The molecule has 74 valence electrons. The molecule has 0 aromatic rings. The molecule has 1 unspecified atom stereocenters. The van der Waals surface area contributed by atoms with E-state index in [2.05, 4.69) is 11.8 Å². The van der Waals surface area contributed by atoms with E-state index in [4.69, 9.17) is 0 Å². The van der Waals surface area contributed by atoms with Crippen LogP contribution in [0.1, 0.15) is 32.6 Å². The van der Waals surface area contributed by atoms with Gasteiger partial charge in [-0.25, -0.2) is 0 Å². The smallest absolute Gasteiger partial charge is 0.270 e. The van der Waals surface area contributed by atoms with Crippen molar-refractivity contribution in [1.29, 1.82) is 0 Å². The second-order valence-corrected chi connectivity index (χ2v) is 4.14. The summed E-state index contributed by atoms with van der Waals surface area (Å²) in [5.41, 5.74) is 0.472. The van der Waals surface area contributed by atoms with Gasteiger partial charge >= 0.3 is 0 Å². The van der Waals surface area contributed by atoms with Crippen molar-refractivity contribution in [1.82, 2.24) is 4.90 Å². The summed E-state index contributed by atoms with van der Waals surface area (Å²) in [5.74, 6) is 0. The minimum Gasteiger partial charge on any atom is -0.293 e. The highest BCUT2D eigenvalue weighted by molar-refractivity contribution is 5.20. The molecule has 0 aromatic heterocycles. The molecule has 2 aliphatic rings. The minimum absolute atomic E-state index is 0.0960. The highest BCUT2D eigenvalue weighted by Crippen LogP contribution is 2.44. The van der Waals surface area contributed by atoms with E-state index >= 15 is 0 Å². The average molecular weight is 187 g/mol. The lowest BCUT2D eigenvalue weighted by Crippen LogP contribution is -2.37. The summed E-state index contributed by atoms with van der Waals surface area (Å²) in [6.07, 6.45) is 2.44. The van der Waals surface area contributed by atoms with Gasteiger partial charge in [0.2, 0.25) is 0 Å². The van der Waals surface area contributed by atoms with Crippen LogP contribution in [0.5, 0.6) is 0 Å². The fourth-order valence-electron chi connectivity index (χ4n) is 2.78. The molecule has 2 fully saturated rings. The maximum atomic E-state index is 12.4. The molecule has 2 heterocycles. The number of hydrogen-bond acceptors (Lipinski definition) is 1. The van der Waals surface area contributed by atoms with E-state index in [1.54, 1.807) is 0 Å². The third kappa shape index (κ3) is 1.30. The molecule has 2 saturated heterocycles. The first-order valence-corrected chi connectivity index (χ1v) is 4.96. The minimum atomic E-state index is -1.44. The molecule has 2 rings (SSSR count). The van der Waals surface area contributed by atoms with Crippen molar-refractivity contribution in [3.05, 3.63) is 11.7 Å². The van der Waals surface area contributed by atoms with Crippen molar-refractivity contribution in [2.45, 2.75) is 38.1 Å². The Morgan fingerprint density at radius 2 is 2.31 bits per heavy atom. The standard InChI is InChI=1S/C10H15F2N/c1-2-10-4-3-5-13(10)7-8(6-10)9(11)12/h2-7H2,1H3. The fourth-order valence-corrected chi connectivity index (χ4v) is 2.78. The first-order chi connectivity index (χ1) is 6.18. The summed E-state index contributed by atoms with van der Waals surface area (Å²) in [4.78, 5) is 2.24. The molecule has 0 aromatic carbocycles. The summed E-state index contributed by atoms with van der Waals surface area (Å²) < 4.78 is 24.8. The van der Waals surface area contributed by atoms with Crippen LogP contribution in [0, 0.1) is 0 Å². The van der Waals surface area contributed by atoms with E-state index in [0.29, 0.717) is 18.5 Å². The van der Waals surface area contributed by atoms with Gasteiger partial charge in [-0.05, 0) is 32.2 Å². The molecule has 0 aliphatic carbocycles. The van der Waals surface area contributed by atoms with Gasteiger partial charge in [0.05, 0.1) is 0 Å². The molecule has 3 heteroatoms. The average Bonchev–Trinajstić information content (AvgIpc) is 2.58. The van der Waals surface area contributed by atoms with Crippen LogP contribution < -0.4 is 0 Å². The quantitative estimate of drug-likeness (QED) is 0.610. The van der Waals surface area contributed by atoms with Gasteiger partial charge < -0.3 is 0 Å². The molecule has 0 saturated carbocycles. The third-order valence-corrected chi connectivity index (χ3v) is 3.59. The molecule has 0 amide bonds. The molecule has 1 atom stereocenters. The van der Waals surface area contributed by atoms with Gasteiger partial charge in [-0.3, -0.25) is 4.90 Å². The predicted molar refractivity (Wildman–Crippen MR) is 47.7 cm³/mol. The monoisotopic (exact) mass is 187 g/mol. The summed E-state index contributed by atoms with van der Waals surface area (Å²) in [5, 5.41) is 0. The second-order valence-electron chi connectivity index (χ2n) is 4.14. The third-order valence-electron chi connectivity index (χ3n) is 3.59. The highest BCUT2D eigenvalue weighted by Gasteiger charge is 2.45. The van der Waals surface area contributed by atoms with E-state index in [-0.39, 0.29) is 5.54 Å². The molecule has 0 bridgehead atoms. The van der Waals surface area contributed by atoms with Crippen LogP contribution >= 0.6 is 0 Å². The number of fused-ring (bicyclic) bond motifs is 1. The Kier molecular flexibility index (Phi) is 2.14. The van der Waals surface area contributed by atoms with E-state index in [9.17, 15) is 8.78 Å². The molecule has 0 radical (unpaired) electrons. The molecule has 0 N–H and O–H groups in total. The zero-order valence-corrected chi connectivity index (χ0v) is 7.95. The maximum Gasteiger partial charge on any atom is 0.270 e. The Bertz CT molecular complexity index is 245. The number of rotatable bonds is 1. The van der Waals surface area contributed by atoms with Crippen LogP contribution in [0.2, 0.25) is 0 Å². The Hall–Kier alpha value is -0.440. The lowest BCUT2D eigenvalue weighted by Gasteiger charge is -2.29.